The Morgan fingerprint density at radius 1 is 0.714 bits per heavy atom. The van der Waals surface area contributed by atoms with Crippen molar-refractivity contribution in [2.45, 2.75) is 0 Å². The van der Waals surface area contributed by atoms with E-state index in [4.69, 9.17) is 11.6 Å². The highest BCUT2D eigenvalue weighted by atomic mass is 35.5. The highest BCUT2D eigenvalue weighted by molar-refractivity contribution is 6.35. The number of nitrogens with zero attached hydrogens (tertiary/aromatic N) is 1. The molecular formula is C29H20ClN3O2. The Kier molecular flexibility index (Phi) is 6.24. The Hall–Kier alpha value is -4.48. The molecule has 0 aliphatic heterocycles. The first kappa shape index (κ1) is 22.3. The van der Waals surface area contributed by atoms with E-state index in [1.807, 2.05) is 78.9 Å². The fraction of sp³-hybridized carbons (Fsp3) is 0. The lowest BCUT2D eigenvalue weighted by atomic mass is 9.92. The number of aromatic nitrogens is 1. The van der Waals surface area contributed by atoms with Gasteiger partial charge in [0, 0.05) is 39.6 Å². The van der Waals surface area contributed by atoms with Crippen LogP contribution in [0.1, 0.15) is 15.9 Å². The summed E-state index contributed by atoms with van der Waals surface area (Å²) in [5.41, 5.74) is 4.36. The van der Waals surface area contributed by atoms with E-state index >= 15 is 0 Å². The minimum atomic E-state index is -0.364. The molecule has 0 atom stereocenters. The van der Waals surface area contributed by atoms with E-state index in [0.29, 0.717) is 38.6 Å². The molecule has 5 aromatic rings. The van der Waals surface area contributed by atoms with Gasteiger partial charge in [0.2, 0.25) is 0 Å². The quantitative estimate of drug-likeness (QED) is 0.258. The van der Waals surface area contributed by atoms with E-state index in [-0.39, 0.29) is 11.8 Å². The minimum Gasteiger partial charge on any atom is -0.308 e. The van der Waals surface area contributed by atoms with Crippen molar-refractivity contribution in [2.24, 2.45) is 0 Å². The number of carbonyl (C=O) groups is 2. The summed E-state index contributed by atoms with van der Waals surface area (Å²) in [4.78, 5) is 30.5. The molecule has 2 N–H and O–H groups in total. The topological polar surface area (TPSA) is 71.1 Å². The second-order valence-electron chi connectivity index (χ2n) is 7.90. The number of urea groups is 1. The van der Waals surface area contributed by atoms with Gasteiger partial charge in [-0.25, -0.2) is 4.79 Å². The van der Waals surface area contributed by atoms with Crippen LogP contribution < -0.4 is 10.6 Å². The highest BCUT2D eigenvalue weighted by Crippen LogP contribution is 2.36. The maximum atomic E-state index is 13.5. The van der Waals surface area contributed by atoms with Gasteiger partial charge in [-0.2, -0.15) is 0 Å². The zero-order valence-corrected chi connectivity index (χ0v) is 19.3. The first-order valence-corrected chi connectivity index (χ1v) is 11.4. The van der Waals surface area contributed by atoms with Gasteiger partial charge in [0.05, 0.1) is 10.5 Å². The molecule has 5 nitrogen and oxygen atoms in total. The van der Waals surface area contributed by atoms with Crippen LogP contribution in [0.3, 0.4) is 0 Å². The molecule has 5 rings (SSSR count). The SMILES string of the molecule is O=C(Nc1ccccc1)Nc1cccc(-c2c(C(=O)c3ccccc3)cnc3c(Cl)cccc23)c1. The van der Waals surface area contributed by atoms with E-state index in [1.165, 1.54) is 0 Å². The molecule has 0 unspecified atom stereocenters. The average Bonchev–Trinajstić information content (AvgIpc) is 2.89. The van der Waals surface area contributed by atoms with Crippen LogP contribution in [-0.4, -0.2) is 16.8 Å². The van der Waals surface area contributed by atoms with Crippen LogP contribution in [0.15, 0.2) is 109 Å². The number of carbonyl (C=O) groups excluding carboxylic acids is 2. The lowest BCUT2D eigenvalue weighted by Crippen LogP contribution is -2.19. The number of para-hydroxylation sites is 2. The molecule has 6 heteroatoms. The Morgan fingerprint density at radius 2 is 1.37 bits per heavy atom. The summed E-state index contributed by atoms with van der Waals surface area (Å²) in [6, 6.07) is 30.8. The number of halogens is 1. The van der Waals surface area contributed by atoms with Gasteiger partial charge in [-0.3, -0.25) is 9.78 Å². The molecule has 0 saturated carbocycles. The number of benzene rings is 4. The molecule has 0 aliphatic rings. The third-order valence-electron chi connectivity index (χ3n) is 5.57. The minimum absolute atomic E-state index is 0.143. The first-order chi connectivity index (χ1) is 17.1. The summed E-state index contributed by atoms with van der Waals surface area (Å²) in [5.74, 6) is -0.143. The first-order valence-electron chi connectivity index (χ1n) is 11.0. The summed E-state index contributed by atoms with van der Waals surface area (Å²) in [6.45, 7) is 0. The van der Waals surface area contributed by atoms with Crippen LogP contribution >= 0.6 is 11.6 Å². The number of amides is 2. The van der Waals surface area contributed by atoms with Crippen molar-refractivity contribution in [1.29, 1.82) is 0 Å². The summed E-state index contributed by atoms with van der Waals surface area (Å²) >= 11 is 6.43. The maximum Gasteiger partial charge on any atom is 0.323 e. The Morgan fingerprint density at radius 3 is 2.14 bits per heavy atom. The fourth-order valence-electron chi connectivity index (χ4n) is 3.98. The van der Waals surface area contributed by atoms with Crippen molar-refractivity contribution >= 4 is 45.7 Å². The van der Waals surface area contributed by atoms with Crippen LogP contribution in [0.25, 0.3) is 22.0 Å². The summed E-state index contributed by atoms with van der Waals surface area (Å²) in [5, 5.41) is 6.92. The molecule has 0 radical (unpaired) electrons. The van der Waals surface area contributed by atoms with Crippen molar-refractivity contribution in [3.63, 3.8) is 0 Å². The van der Waals surface area contributed by atoms with Crippen LogP contribution in [0.2, 0.25) is 5.02 Å². The van der Waals surface area contributed by atoms with Gasteiger partial charge >= 0.3 is 6.03 Å². The average molecular weight is 478 g/mol. The van der Waals surface area contributed by atoms with Crippen molar-refractivity contribution < 1.29 is 9.59 Å². The highest BCUT2D eigenvalue weighted by Gasteiger charge is 2.19. The van der Waals surface area contributed by atoms with Gasteiger partial charge in [-0.1, -0.05) is 84.4 Å². The molecular weight excluding hydrogens is 458 g/mol. The van der Waals surface area contributed by atoms with Gasteiger partial charge in [0.25, 0.3) is 0 Å². The van der Waals surface area contributed by atoms with Gasteiger partial charge in [-0.05, 0) is 35.9 Å². The van der Waals surface area contributed by atoms with Crippen molar-refractivity contribution in [3.8, 4) is 11.1 Å². The van der Waals surface area contributed by atoms with Crippen molar-refractivity contribution in [2.75, 3.05) is 10.6 Å². The predicted octanol–water partition coefficient (Wildman–Crippen LogP) is 7.43. The Labute approximate surface area is 207 Å². The number of rotatable bonds is 5. The lowest BCUT2D eigenvalue weighted by molar-refractivity contribution is 0.103. The predicted molar refractivity (Wildman–Crippen MR) is 141 cm³/mol. The molecule has 0 bridgehead atoms. The standard InChI is InChI=1S/C29H20ClN3O2/c30-25-16-8-15-23-26(24(18-31-27(23)25)28(34)19-9-3-1-4-10-19)20-11-7-14-22(17-20)33-29(35)32-21-12-5-2-6-13-21/h1-18H,(H2,32,33,35). The smallest absolute Gasteiger partial charge is 0.308 e. The molecule has 0 saturated heterocycles. The van der Waals surface area contributed by atoms with E-state index in [0.717, 1.165) is 10.9 Å². The van der Waals surface area contributed by atoms with Crippen LogP contribution in [-0.2, 0) is 0 Å². The molecule has 170 valence electrons. The zero-order chi connectivity index (χ0) is 24.2. The van der Waals surface area contributed by atoms with Gasteiger partial charge < -0.3 is 10.6 Å². The fourth-order valence-corrected chi connectivity index (χ4v) is 4.21. The molecule has 0 fully saturated rings. The van der Waals surface area contributed by atoms with Crippen LogP contribution in [0, 0.1) is 0 Å². The summed E-state index contributed by atoms with van der Waals surface area (Å²) in [7, 11) is 0. The molecule has 1 aromatic heterocycles. The van der Waals surface area contributed by atoms with Gasteiger partial charge in [0.1, 0.15) is 0 Å². The molecule has 0 aliphatic carbocycles. The number of fused-ring (bicyclic) bond motifs is 1. The van der Waals surface area contributed by atoms with Crippen molar-refractivity contribution in [3.05, 3.63) is 125 Å². The number of ketones is 1. The summed E-state index contributed by atoms with van der Waals surface area (Å²) in [6.07, 6.45) is 1.57. The van der Waals surface area contributed by atoms with Gasteiger partial charge in [0.15, 0.2) is 5.78 Å². The van der Waals surface area contributed by atoms with Crippen LogP contribution in [0.4, 0.5) is 16.2 Å². The monoisotopic (exact) mass is 477 g/mol. The van der Waals surface area contributed by atoms with Gasteiger partial charge in [-0.15, -0.1) is 0 Å². The normalized spacial score (nSPS) is 10.7. The molecule has 4 aromatic carbocycles. The molecule has 1 heterocycles. The largest absolute Gasteiger partial charge is 0.323 e. The number of hydrogen-bond donors (Lipinski definition) is 2. The Balaban J connectivity index is 1.57. The second kappa shape index (κ2) is 9.79. The van der Waals surface area contributed by atoms with E-state index in [9.17, 15) is 9.59 Å². The number of pyridine rings is 1. The van der Waals surface area contributed by atoms with Crippen molar-refractivity contribution in [1.82, 2.24) is 4.98 Å². The zero-order valence-electron chi connectivity index (χ0n) is 18.5. The second-order valence-corrected chi connectivity index (χ2v) is 8.31. The molecule has 0 spiro atoms. The number of hydrogen-bond acceptors (Lipinski definition) is 3. The maximum absolute atomic E-state index is 13.5. The lowest BCUT2D eigenvalue weighted by Gasteiger charge is -2.15. The molecule has 2 amide bonds. The molecule has 35 heavy (non-hydrogen) atoms. The number of anilines is 2. The third kappa shape index (κ3) is 4.76. The number of nitrogens with one attached hydrogen (secondary N) is 2. The third-order valence-corrected chi connectivity index (χ3v) is 5.87. The van der Waals surface area contributed by atoms with Crippen LogP contribution in [0.5, 0.6) is 0 Å². The summed E-state index contributed by atoms with van der Waals surface area (Å²) < 4.78 is 0. The van der Waals surface area contributed by atoms with E-state index < -0.39 is 0 Å². The Bertz CT molecular complexity index is 1540. The van der Waals surface area contributed by atoms with E-state index in [1.54, 1.807) is 30.5 Å². The van der Waals surface area contributed by atoms with E-state index in [2.05, 4.69) is 15.6 Å².